The van der Waals surface area contributed by atoms with Crippen LogP contribution >= 0.6 is 12.4 Å². The van der Waals surface area contributed by atoms with E-state index in [0.29, 0.717) is 25.6 Å². The lowest BCUT2D eigenvalue weighted by atomic mass is 9.97. The molecule has 0 aromatic carbocycles. The fourth-order valence-corrected chi connectivity index (χ4v) is 3.67. The fraction of sp³-hybridized carbons (Fsp3) is 0.842. The van der Waals surface area contributed by atoms with E-state index in [1.165, 1.54) is 4.90 Å². The molecular weight excluding hydrogens is 382 g/mol. The first kappa shape index (κ1) is 24.7. The molecule has 2 unspecified atom stereocenters. The minimum atomic E-state index is -0.118. The van der Waals surface area contributed by atoms with Gasteiger partial charge >= 0.3 is 0 Å². The number of likely N-dealkylation sites (tertiary alicyclic amines) is 1. The number of piperidine rings is 1. The van der Waals surface area contributed by atoms with Crippen molar-refractivity contribution in [2.24, 2.45) is 5.92 Å². The van der Waals surface area contributed by atoms with Crippen LogP contribution in [0.5, 0.6) is 0 Å². The molecule has 0 aromatic rings. The van der Waals surface area contributed by atoms with Crippen LogP contribution in [0.3, 0.4) is 0 Å². The third-order valence-corrected chi connectivity index (χ3v) is 5.28. The predicted molar refractivity (Wildman–Crippen MR) is 111 cm³/mol. The Labute approximate surface area is 174 Å². The lowest BCUT2D eigenvalue weighted by Crippen LogP contribution is -2.48. The molecule has 2 aliphatic rings. The Morgan fingerprint density at radius 3 is 2.64 bits per heavy atom. The van der Waals surface area contributed by atoms with Gasteiger partial charge in [-0.3, -0.25) is 19.3 Å². The molecule has 0 saturated carbocycles. The molecule has 2 heterocycles. The highest BCUT2D eigenvalue weighted by Gasteiger charge is 2.26. The van der Waals surface area contributed by atoms with Gasteiger partial charge in [0.15, 0.2) is 0 Å². The van der Waals surface area contributed by atoms with Gasteiger partial charge in [-0.15, -0.1) is 12.4 Å². The molecule has 0 radical (unpaired) electrons. The highest BCUT2D eigenvalue weighted by atomic mass is 35.5. The van der Waals surface area contributed by atoms with E-state index in [9.17, 15) is 14.4 Å². The zero-order valence-corrected chi connectivity index (χ0v) is 18.0. The minimum Gasteiger partial charge on any atom is -0.355 e. The Kier molecular flexibility index (Phi) is 11.4. The number of nitrogens with one attached hydrogen (secondary N) is 3. The van der Waals surface area contributed by atoms with Crippen molar-refractivity contribution in [3.8, 4) is 0 Å². The monoisotopic (exact) mass is 417 g/mol. The van der Waals surface area contributed by atoms with Crippen molar-refractivity contribution in [3.05, 3.63) is 0 Å². The number of hydrogen-bond donors (Lipinski definition) is 3. The molecule has 2 rings (SSSR count). The number of hydrogen-bond acceptors (Lipinski definition) is 5. The van der Waals surface area contributed by atoms with Crippen molar-refractivity contribution >= 4 is 30.1 Å². The smallest absolute Gasteiger partial charge is 0.239 e. The maximum absolute atomic E-state index is 12.4. The van der Waals surface area contributed by atoms with Crippen LogP contribution in [0.2, 0.25) is 0 Å². The molecule has 2 aliphatic heterocycles. The van der Waals surface area contributed by atoms with Gasteiger partial charge in [-0.05, 0) is 51.1 Å². The summed E-state index contributed by atoms with van der Waals surface area (Å²) in [4.78, 5) is 39.9. The Balaban J connectivity index is 0.00000392. The fourth-order valence-electron chi connectivity index (χ4n) is 3.67. The lowest BCUT2D eigenvalue weighted by Gasteiger charge is -2.33. The van der Waals surface area contributed by atoms with Crippen LogP contribution in [0.4, 0.5) is 0 Å². The molecule has 0 spiro atoms. The van der Waals surface area contributed by atoms with Crippen molar-refractivity contribution in [2.75, 3.05) is 52.9 Å². The highest BCUT2D eigenvalue weighted by molar-refractivity contribution is 5.86. The first-order chi connectivity index (χ1) is 13.0. The largest absolute Gasteiger partial charge is 0.355 e. The standard InChI is InChI=1S/C19H35N5O3.ClH/c1-3-8-21-17(25)13-23(2)18(26)14-24-10-5-6-15(12-24)11-22-19(27)16-7-4-9-20-16;/h15-16,20H,3-14H2,1-2H3,(H,21,25)(H,22,27);1H. The van der Waals surface area contributed by atoms with Gasteiger partial charge in [0, 0.05) is 26.7 Å². The van der Waals surface area contributed by atoms with Gasteiger partial charge in [-0.1, -0.05) is 6.92 Å². The third kappa shape index (κ3) is 8.32. The third-order valence-electron chi connectivity index (χ3n) is 5.28. The predicted octanol–water partition coefficient (Wildman–Crippen LogP) is -0.0270. The number of amides is 3. The van der Waals surface area contributed by atoms with Crippen molar-refractivity contribution in [1.82, 2.24) is 25.8 Å². The molecule has 162 valence electrons. The van der Waals surface area contributed by atoms with Crippen LogP contribution in [-0.2, 0) is 14.4 Å². The van der Waals surface area contributed by atoms with Crippen LogP contribution in [-0.4, -0.2) is 86.4 Å². The number of nitrogens with zero attached hydrogens (tertiary/aromatic N) is 2. The van der Waals surface area contributed by atoms with Gasteiger partial charge in [-0.2, -0.15) is 0 Å². The maximum Gasteiger partial charge on any atom is 0.239 e. The highest BCUT2D eigenvalue weighted by Crippen LogP contribution is 2.16. The molecule has 2 saturated heterocycles. The molecule has 0 aromatic heterocycles. The summed E-state index contributed by atoms with van der Waals surface area (Å²) in [6.07, 6.45) is 4.94. The summed E-state index contributed by atoms with van der Waals surface area (Å²) in [7, 11) is 1.67. The molecule has 2 fully saturated rings. The number of likely N-dealkylation sites (N-methyl/N-ethyl adjacent to an activating group) is 1. The second-order valence-electron chi connectivity index (χ2n) is 7.74. The molecule has 3 N–H and O–H groups in total. The molecule has 9 heteroatoms. The van der Waals surface area contributed by atoms with Gasteiger partial charge in [0.1, 0.15) is 0 Å². The van der Waals surface area contributed by atoms with Crippen LogP contribution in [0, 0.1) is 5.92 Å². The lowest BCUT2D eigenvalue weighted by molar-refractivity contribution is -0.136. The molecule has 3 amide bonds. The van der Waals surface area contributed by atoms with Crippen LogP contribution in [0.1, 0.15) is 39.0 Å². The Morgan fingerprint density at radius 2 is 1.96 bits per heavy atom. The van der Waals surface area contributed by atoms with Gasteiger partial charge in [0.25, 0.3) is 0 Å². The minimum absolute atomic E-state index is 0. The van der Waals surface area contributed by atoms with Crippen molar-refractivity contribution in [3.63, 3.8) is 0 Å². The quantitative estimate of drug-likeness (QED) is 0.490. The van der Waals surface area contributed by atoms with E-state index >= 15 is 0 Å². The Morgan fingerprint density at radius 1 is 1.18 bits per heavy atom. The summed E-state index contributed by atoms with van der Waals surface area (Å²) in [5.74, 6) is 0.308. The first-order valence-electron chi connectivity index (χ1n) is 10.2. The average Bonchev–Trinajstić information content (AvgIpc) is 3.19. The molecular formula is C19H36ClN5O3. The summed E-state index contributed by atoms with van der Waals surface area (Å²) in [5.41, 5.74) is 0. The van der Waals surface area contributed by atoms with E-state index in [-0.39, 0.29) is 42.7 Å². The zero-order chi connectivity index (χ0) is 19.6. The molecule has 0 aliphatic carbocycles. The van der Waals surface area contributed by atoms with Crippen molar-refractivity contribution in [2.45, 2.75) is 45.1 Å². The zero-order valence-electron chi connectivity index (χ0n) is 17.2. The van der Waals surface area contributed by atoms with E-state index < -0.39 is 0 Å². The topological polar surface area (TPSA) is 93.8 Å². The average molecular weight is 418 g/mol. The summed E-state index contributed by atoms with van der Waals surface area (Å²) < 4.78 is 0. The van der Waals surface area contributed by atoms with Crippen LogP contribution in [0.25, 0.3) is 0 Å². The van der Waals surface area contributed by atoms with Gasteiger partial charge in [0.2, 0.25) is 17.7 Å². The second kappa shape index (κ2) is 13.0. The second-order valence-corrected chi connectivity index (χ2v) is 7.74. The van der Waals surface area contributed by atoms with Crippen molar-refractivity contribution < 1.29 is 14.4 Å². The van der Waals surface area contributed by atoms with E-state index in [2.05, 4.69) is 20.9 Å². The summed E-state index contributed by atoms with van der Waals surface area (Å²) >= 11 is 0. The number of carbonyl (C=O) groups is 3. The summed E-state index contributed by atoms with van der Waals surface area (Å²) in [6, 6.07) is -0.0428. The normalized spacial score (nSPS) is 22.2. The summed E-state index contributed by atoms with van der Waals surface area (Å²) in [5, 5.41) is 9.06. The molecule has 8 nitrogen and oxygen atoms in total. The number of carbonyl (C=O) groups excluding carboxylic acids is 3. The number of rotatable bonds is 9. The maximum atomic E-state index is 12.4. The van der Waals surface area contributed by atoms with Gasteiger partial charge < -0.3 is 20.9 Å². The Bertz CT molecular complexity index is 514. The first-order valence-corrected chi connectivity index (χ1v) is 10.2. The number of halogens is 1. The molecule has 0 bridgehead atoms. The summed E-state index contributed by atoms with van der Waals surface area (Å²) in [6.45, 7) is 6.33. The van der Waals surface area contributed by atoms with Crippen LogP contribution in [0.15, 0.2) is 0 Å². The van der Waals surface area contributed by atoms with Crippen molar-refractivity contribution in [1.29, 1.82) is 0 Å². The van der Waals surface area contributed by atoms with Gasteiger partial charge in [0.05, 0.1) is 19.1 Å². The molecule has 2 atom stereocenters. The van der Waals surface area contributed by atoms with E-state index in [1.54, 1.807) is 7.05 Å². The van der Waals surface area contributed by atoms with E-state index in [1.807, 2.05) is 6.92 Å². The SMILES string of the molecule is CCCNC(=O)CN(C)C(=O)CN1CCCC(CNC(=O)C2CCCN2)C1.Cl. The Hall–Kier alpha value is -1.38. The van der Waals surface area contributed by atoms with Gasteiger partial charge in [-0.25, -0.2) is 0 Å². The van der Waals surface area contributed by atoms with Crippen LogP contribution < -0.4 is 16.0 Å². The molecule has 28 heavy (non-hydrogen) atoms. The van der Waals surface area contributed by atoms with E-state index in [0.717, 1.165) is 51.7 Å². The van der Waals surface area contributed by atoms with E-state index in [4.69, 9.17) is 0 Å².